The highest BCUT2D eigenvalue weighted by Crippen LogP contribution is 2.34. The number of aryl methyl sites for hydroxylation is 1. The van der Waals surface area contributed by atoms with Gasteiger partial charge in [0.05, 0.1) is 5.54 Å². The van der Waals surface area contributed by atoms with Gasteiger partial charge < -0.3 is 16.4 Å². The molecule has 102 valence electrons. The largest absolute Gasteiger partial charge is 0.370 e. The monoisotopic (exact) mass is 261 g/mol. The summed E-state index contributed by atoms with van der Waals surface area (Å²) in [6.07, 6.45) is 2.82. The van der Waals surface area contributed by atoms with E-state index in [9.17, 15) is 9.59 Å². The molecule has 1 saturated carbocycles. The van der Waals surface area contributed by atoms with Crippen LogP contribution < -0.4 is 16.4 Å². The Balaban J connectivity index is 1.95. The van der Waals surface area contributed by atoms with Crippen LogP contribution in [-0.4, -0.2) is 17.5 Å². The van der Waals surface area contributed by atoms with Crippen molar-refractivity contribution in [2.24, 2.45) is 5.73 Å². The van der Waals surface area contributed by atoms with Gasteiger partial charge in [0.1, 0.15) is 0 Å². The Kier molecular flexibility index (Phi) is 3.74. The molecule has 0 spiro atoms. The van der Waals surface area contributed by atoms with E-state index in [-0.39, 0.29) is 18.4 Å². The molecule has 1 aliphatic carbocycles. The molecule has 1 aromatic carbocycles. The van der Waals surface area contributed by atoms with E-state index in [0.717, 1.165) is 30.5 Å². The average molecular weight is 261 g/mol. The zero-order chi connectivity index (χ0) is 13.9. The maximum absolute atomic E-state index is 11.9. The van der Waals surface area contributed by atoms with Crippen molar-refractivity contribution < 1.29 is 9.59 Å². The van der Waals surface area contributed by atoms with Crippen LogP contribution in [0.5, 0.6) is 0 Å². The maximum Gasteiger partial charge on any atom is 0.319 e. The van der Waals surface area contributed by atoms with Crippen LogP contribution in [0.15, 0.2) is 24.3 Å². The lowest BCUT2D eigenvalue weighted by molar-refractivity contribution is -0.120. The number of urea groups is 1. The molecular weight excluding hydrogens is 242 g/mol. The Labute approximate surface area is 112 Å². The molecule has 2 rings (SSSR count). The Hall–Kier alpha value is -2.04. The summed E-state index contributed by atoms with van der Waals surface area (Å²) >= 11 is 0. The molecule has 0 aliphatic heterocycles. The first-order valence-electron chi connectivity index (χ1n) is 6.43. The van der Waals surface area contributed by atoms with E-state index in [1.54, 1.807) is 0 Å². The number of hydrogen-bond donors (Lipinski definition) is 3. The van der Waals surface area contributed by atoms with Gasteiger partial charge >= 0.3 is 6.03 Å². The number of carbonyl (C=O) groups is 2. The van der Waals surface area contributed by atoms with E-state index < -0.39 is 5.54 Å². The molecule has 5 nitrogen and oxygen atoms in total. The van der Waals surface area contributed by atoms with Gasteiger partial charge in [0, 0.05) is 12.1 Å². The predicted octanol–water partition coefficient (Wildman–Crippen LogP) is 1.91. The highest BCUT2D eigenvalue weighted by atomic mass is 16.2. The minimum Gasteiger partial charge on any atom is -0.370 e. The van der Waals surface area contributed by atoms with Gasteiger partial charge in [0.15, 0.2) is 0 Å². The first kappa shape index (κ1) is 13.4. The van der Waals surface area contributed by atoms with Crippen molar-refractivity contribution in [3.05, 3.63) is 29.8 Å². The van der Waals surface area contributed by atoms with Gasteiger partial charge in [-0.15, -0.1) is 0 Å². The quantitative estimate of drug-likeness (QED) is 0.773. The highest BCUT2D eigenvalue weighted by Gasteiger charge is 2.39. The topological polar surface area (TPSA) is 84.2 Å². The molecule has 0 unspecified atom stereocenters. The third-order valence-corrected chi connectivity index (χ3v) is 3.48. The van der Waals surface area contributed by atoms with Gasteiger partial charge in [-0.25, -0.2) is 4.79 Å². The van der Waals surface area contributed by atoms with E-state index in [4.69, 9.17) is 5.73 Å². The first-order valence-corrected chi connectivity index (χ1v) is 6.43. The second-order valence-electron chi connectivity index (χ2n) is 5.23. The third-order valence-electron chi connectivity index (χ3n) is 3.48. The zero-order valence-corrected chi connectivity index (χ0v) is 11.0. The minimum atomic E-state index is -0.445. The van der Waals surface area contributed by atoms with Crippen LogP contribution in [0.4, 0.5) is 10.5 Å². The smallest absolute Gasteiger partial charge is 0.319 e. The molecule has 3 amide bonds. The van der Waals surface area contributed by atoms with E-state index in [1.165, 1.54) is 0 Å². The van der Waals surface area contributed by atoms with Crippen LogP contribution in [0.3, 0.4) is 0 Å². The van der Waals surface area contributed by atoms with Gasteiger partial charge in [-0.2, -0.15) is 0 Å². The predicted molar refractivity (Wildman–Crippen MR) is 73.7 cm³/mol. The molecule has 4 N–H and O–H groups in total. The lowest BCUT2D eigenvalue weighted by Gasteiger charge is -2.41. The van der Waals surface area contributed by atoms with Crippen LogP contribution in [0.1, 0.15) is 31.2 Å². The summed E-state index contributed by atoms with van der Waals surface area (Å²) in [6.45, 7) is 1.96. The van der Waals surface area contributed by atoms with Crippen molar-refractivity contribution >= 4 is 17.6 Å². The molecule has 1 fully saturated rings. The van der Waals surface area contributed by atoms with Crippen molar-refractivity contribution in [3.63, 3.8) is 0 Å². The molecule has 0 atom stereocenters. The molecular formula is C14H19N3O2. The van der Waals surface area contributed by atoms with Crippen LogP contribution in [0, 0.1) is 6.92 Å². The summed E-state index contributed by atoms with van der Waals surface area (Å²) in [7, 11) is 0. The van der Waals surface area contributed by atoms with Gasteiger partial charge in [-0.1, -0.05) is 12.1 Å². The number of hydrogen-bond acceptors (Lipinski definition) is 2. The van der Waals surface area contributed by atoms with Crippen LogP contribution in [0.25, 0.3) is 0 Å². The summed E-state index contributed by atoms with van der Waals surface area (Å²) in [5.41, 5.74) is 6.60. The average Bonchev–Trinajstić information content (AvgIpc) is 2.25. The van der Waals surface area contributed by atoms with Gasteiger partial charge in [0.25, 0.3) is 0 Å². The summed E-state index contributed by atoms with van der Waals surface area (Å²) < 4.78 is 0. The van der Waals surface area contributed by atoms with Gasteiger partial charge in [-0.3, -0.25) is 4.79 Å². The van der Waals surface area contributed by atoms with Crippen molar-refractivity contribution in [3.8, 4) is 0 Å². The van der Waals surface area contributed by atoms with Crippen molar-refractivity contribution in [2.75, 3.05) is 5.32 Å². The number of benzene rings is 1. The molecule has 0 aromatic heterocycles. The van der Waals surface area contributed by atoms with Crippen molar-refractivity contribution in [1.82, 2.24) is 5.32 Å². The minimum absolute atomic E-state index is 0.203. The Morgan fingerprint density at radius 2 is 2.11 bits per heavy atom. The molecule has 0 saturated heterocycles. The number of primary amides is 1. The summed E-state index contributed by atoms with van der Waals surface area (Å²) in [5, 5.41) is 5.66. The second kappa shape index (κ2) is 5.30. The molecule has 1 aliphatic rings. The Morgan fingerprint density at radius 3 is 2.63 bits per heavy atom. The van der Waals surface area contributed by atoms with Crippen molar-refractivity contribution in [1.29, 1.82) is 0 Å². The fourth-order valence-corrected chi connectivity index (χ4v) is 2.41. The van der Waals surface area contributed by atoms with E-state index in [1.807, 2.05) is 31.2 Å². The molecule has 1 aromatic rings. The second-order valence-corrected chi connectivity index (χ2v) is 5.23. The molecule has 5 heteroatoms. The number of carbonyl (C=O) groups excluding carboxylic acids is 2. The Morgan fingerprint density at radius 1 is 1.37 bits per heavy atom. The lowest BCUT2D eigenvalue weighted by atomic mass is 9.74. The molecule has 0 bridgehead atoms. The third kappa shape index (κ3) is 3.47. The zero-order valence-electron chi connectivity index (χ0n) is 11.0. The van der Waals surface area contributed by atoms with E-state index >= 15 is 0 Å². The number of nitrogens with two attached hydrogens (primary N) is 1. The standard InChI is InChI=1S/C14H19N3O2/c1-10-4-2-5-11(8-10)16-13(19)17-14(6-3-7-14)9-12(15)18/h2,4-5,8H,3,6-7,9H2,1H3,(H2,15,18)(H2,16,17,19). The van der Waals surface area contributed by atoms with Gasteiger partial charge in [-0.05, 0) is 43.9 Å². The van der Waals surface area contributed by atoms with Gasteiger partial charge in [0.2, 0.25) is 5.91 Å². The molecule has 19 heavy (non-hydrogen) atoms. The van der Waals surface area contributed by atoms with E-state index in [2.05, 4.69) is 10.6 Å². The number of anilines is 1. The first-order chi connectivity index (χ1) is 8.99. The fraction of sp³-hybridized carbons (Fsp3) is 0.429. The summed E-state index contributed by atoms with van der Waals surface area (Å²) in [5.74, 6) is -0.379. The van der Waals surface area contributed by atoms with Crippen LogP contribution in [0.2, 0.25) is 0 Å². The maximum atomic E-state index is 11.9. The number of rotatable bonds is 4. The SMILES string of the molecule is Cc1cccc(NC(=O)NC2(CC(N)=O)CCC2)c1. The molecule has 0 radical (unpaired) electrons. The Bertz CT molecular complexity index is 495. The fourth-order valence-electron chi connectivity index (χ4n) is 2.41. The van der Waals surface area contributed by atoms with Crippen molar-refractivity contribution in [2.45, 2.75) is 38.1 Å². The lowest BCUT2D eigenvalue weighted by Crippen LogP contribution is -2.56. The van der Waals surface area contributed by atoms with E-state index in [0.29, 0.717) is 0 Å². The normalized spacial score (nSPS) is 16.3. The summed E-state index contributed by atoms with van der Waals surface area (Å²) in [4.78, 5) is 23.0. The number of amides is 3. The van der Waals surface area contributed by atoms with Crippen LogP contribution >= 0.6 is 0 Å². The number of nitrogens with one attached hydrogen (secondary N) is 2. The summed E-state index contributed by atoms with van der Waals surface area (Å²) in [6, 6.07) is 7.28. The molecule has 0 heterocycles. The highest BCUT2D eigenvalue weighted by molar-refractivity contribution is 5.90. The van der Waals surface area contributed by atoms with Crippen LogP contribution in [-0.2, 0) is 4.79 Å².